The average Bonchev–Trinajstić information content (AvgIpc) is 3.42. The molecule has 0 aromatic heterocycles. The molecule has 0 radical (unpaired) electrons. The highest BCUT2D eigenvalue weighted by Gasteiger charge is 2.64. The van der Waals surface area contributed by atoms with Crippen molar-refractivity contribution in [3.63, 3.8) is 0 Å². The Morgan fingerprint density at radius 2 is 1.63 bits per heavy atom. The van der Waals surface area contributed by atoms with Crippen molar-refractivity contribution < 1.29 is 19.1 Å². The number of halogens is 1. The smallest absolute Gasteiger partial charge is 0.240 e. The van der Waals surface area contributed by atoms with E-state index in [1.165, 1.54) is 4.90 Å². The zero-order chi connectivity index (χ0) is 26.4. The van der Waals surface area contributed by atoms with Crippen molar-refractivity contribution in [3.05, 3.63) is 94.5 Å². The number of fused-ring (bicyclic) bond motifs is 5. The van der Waals surface area contributed by atoms with Gasteiger partial charge in [0.1, 0.15) is 11.8 Å². The van der Waals surface area contributed by atoms with Gasteiger partial charge in [0, 0.05) is 15.7 Å². The van der Waals surface area contributed by atoms with Crippen LogP contribution in [0.25, 0.3) is 6.08 Å². The Morgan fingerprint density at radius 1 is 0.921 bits per heavy atom. The Labute approximate surface area is 230 Å². The first-order valence-corrected chi connectivity index (χ1v) is 13.7. The number of hydrogen-bond acceptors (Lipinski definition) is 5. The molecule has 0 unspecified atom stereocenters. The lowest BCUT2D eigenvalue weighted by atomic mass is 9.86. The molecule has 192 valence electrons. The number of anilines is 2. The molecule has 2 amide bonds. The van der Waals surface area contributed by atoms with Gasteiger partial charge in [-0.15, -0.1) is 0 Å². The van der Waals surface area contributed by atoms with Gasteiger partial charge in [-0.05, 0) is 54.4 Å². The van der Waals surface area contributed by atoms with E-state index < -0.39 is 23.9 Å². The number of para-hydroxylation sites is 1. The van der Waals surface area contributed by atoms with E-state index in [0.717, 1.165) is 28.6 Å². The van der Waals surface area contributed by atoms with Crippen LogP contribution in [0.3, 0.4) is 0 Å². The number of rotatable bonds is 7. The predicted molar refractivity (Wildman–Crippen MR) is 150 cm³/mol. The molecular weight excluding hydrogens is 544 g/mol. The van der Waals surface area contributed by atoms with Crippen LogP contribution >= 0.6 is 15.9 Å². The summed E-state index contributed by atoms with van der Waals surface area (Å²) >= 11 is 3.43. The molecule has 4 atom stereocenters. The molecule has 2 fully saturated rings. The maximum atomic E-state index is 14.1. The average molecular weight is 571 g/mol. The number of ketones is 1. The van der Waals surface area contributed by atoms with Gasteiger partial charge in [-0.1, -0.05) is 71.8 Å². The highest BCUT2D eigenvalue weighted by atomic mass is 79.9. The lowest BCUT2D eigenvalue weighted by Gasteiger charge is -2.36. The number of unbranched alkanes of at least 4 members (excludes halogenated alkanes) is 1. The van der Waals surface area contributed by atoms with E-state index in [4.69, 9.17) is 4.74 Å². The van der Waals surface area contributed by atoms with Crippen LogP contribution < -0.4 is 14.5 Å². The second-order valence-electron chi connectivity index (χ2n) is 9.89. The molecule has 3 aliphatic rings. The molecule has 0 aliphatic carbocycles. The van der Waals surface area contributed by atoms with Crippen molar-refractivity contribution in [3.8, 4) is 5.75 Å². The molecule has 0 saturated carbocycles. The van der Waals surface area contributed by atoms with Gasteiger partial charge in [-0.2, -0.15) is 0 Å². The summed E-state index contributed by atoms with van der Waals surface area (Å²) < 4.78 is 6.61. The molecule has 7 heteroatoms. The van der Waals surface area contributed by atoms with Crippen LogP contribution in [0.4, 0.5) is 11.4 Å². The van der Waals surface area contributed by atoms with Gasteiger partial charge in [-0.3, -0.25) is 14.4 Å². The van der Waals surface area contributed by atoms with Gasteiger partial charge >= 0.3 is 0 Å². The van der Waals surface area contributed by atoms with E-state index in [1.807, 2.05) is 53.5 Å². The largest absolute Gasteiger partial charge is 0.494 e. The van der Waals surface area contributed by atoms with Crippen LogP contribution in [0.15, 0.2) is 83.3 Å². The van der Waals surface area contributed by atoms with Crippen molar-refractivity contribution in [1.82, 2.24) is 0 Å². The van der Waals surface area contributed by atoms with Gasteiger partial charge in [-0.25, -0.2) is 4.90 Å². The molecule has 3 aromatic rings. The van der Waals surface area contributed by atoms with Crippen molar-refractivity contribution in [2.75, 3.05) is 16.4 Å². The van der Waals surface area contributed by atoms with Gasteiger partial charge in [0.25, 0.3) is 0 Å². The molecule has 3 heterocycles. The number of carbonyl (C=O) groups is 3. The van der Waals surface area contributed by atoms with Gasteiger partial charge in [0.15, 0.2) is 5.78 Å². The SMILES string of the molecule is CCCCOc1ccc(N2C(=O)[C@@H]3[C@H](C2=O)[C@H]2C=Cc4ccccc4N2[C@@H]3C(=O)c2ccc(Br)cc2)cc1. The minimum Gasteiger partial charge on any atom is -0.494 e. The normalized spacial score (nSPS) is 23.3. The number of carbonyl (C=O) groups excluding carboxylic acids is 3. The summed E-state index contributed by atoms with van der Waals surface area (Å²) in [7, 11) is 0. The number of nitrogens with zero attached hydrogens (tertiary/aromatic N) is 2. The first kappa shape index (κ1) is 24.6. The molecular formula is C31H27BrN2O4. The third-order valence-electron chi connectivity index (χ3n) is 7.67. The number of amides is 2. The molecule has 0 bridgehead atoms. The number of ether oxygens (including phenoxy) is 1. The highest BCUT2D eigenvalue weighted by molar-refractivity contribution is 9.10. The lowest BCUT2D eigenvalue weighted by molar-refractivity contribution is -0.122. The third-order valence-corrected chi connectivity index (χ3v) is 8.20. The Balaban J connectivity index is 1.38. The van der Waals surface area contributed by atoms with Crippen LogP contribution in [0.5, 0.6) is 5.75 Å². The summed E-state index contributed by atoms with van der Waals surface area (Å²) in [6.07, 6.45) is 5.95. The van der Waals surface area contributed by atoms with E-state index in [9.17, 15) is 14.4 Å². The predicted octanol–water partition coefficient (Wildman–Crippen LogP) is 5.90. The quantitative estimate of drug-likeness (QED) is 0.201. The maximum Gasteiger partial charge on any atom is 0.240 e. The lowest BCUT2D eigenvalue weighted by Crippen LogP contribution is -2.48. The summed E-state index contributed by atoms with van der Waals surface area (Å²) in [5, 5.41) is 0. The maximum absolute atomic E-state index is 14.1. The van der Waals surface area contributed by atoms with E-state index in [0.29, 0.717) is 23.6 Å². The van der Waals surface area contributed by atoms with Crippen LogP contribution in [0.1, 0.15) is 35.7 Å². The van der Waals surface area contributed by atoms with Crippen molar-refractivity contribution >= 4 is 51.0 Å². The topological polar surface area (TPSA) is 66.9 Å². The number of Topliss-reactive ketones (excluding diaryl/α,β-unsaturated/α-hetero) is 1. The molecule has 2 saturated heterocycles. The Kier molecular flexibility index (Phi) is 6.40. The summed E-state index contributed by atoms with van der Waals surface area (Å²) in [5.74, 6) is -1.53. The Morgan fingerprint density at radius 3 is 2.37 bits per heavy atom. The Hall–Kier alpha value is -3.71. The zero-order valence-corrected chi connectivity index (χ0v) is 22.5. The molecule has 6 nitrogen and oxygen atoms in total. The number of imide groups is 1. The van der Waals surface area contributed by atoms with E-state index in [2.05, 4.69) is 22.9 Å². The van der Waals surface area contributed by atoms with Crippen LogP contribution in [0, 0.1) is 11.8 Å². The number of benzene rings is 3. The Bertz CT molecular complexity index is 1430. The van der Waals surface area contributed by atoms with Gasteiger partial charge in [0.05, 0.1) is 30.2 Å². The molecule has 3 aromatic carbocycles. The molecule has 0 N–H and O–H groups in total. The van der Waals surface area contributed by atoms with E-state index >= 15 is 0 Å². The minimum atomic E-state index is -0.796. The summed E-state index contributed by atoms with van der Waals surface area (Å²) in [5.41, 5.74) is 2.84. The fourth-order valence-electron chi connectivity index (χ4n) is 5.88. The fraction of sp³-hybridized carbons (Fsp3) is 0.258. The zero-order valence-electron chi connectivity index (χ0n) is 20.9. The minimum absolute atomic E-state index is 0.164. The fourth-order valence-corrected chi connectivity index (χ4v) is 6.14. The molecule has 38 heavy (non-hydrogen) atoms. The van der Waals surface area contributed by atoms with Gasteiger partial charge in [0.2, 0.25) is 11.8 Å². The number of hydrogen-bond donors (Lipinski definition) is 0. The standard InChI is InChI=1S/C31H27BrN2O4/c1-2-3-18-38-23-15-13-22(14-16-23)33-30(36)26-25-17-10-19-6-4-5-7-24(19)34(25)28(27(26)31(33)37)29(35)20-8-11-21(32)12-9-20/h4-17,25-28H,2-3,18H2,1H3/t25-,26-,27-,28+/m1/s1. The van der Waals surface area contributed by atoms with Crippen LogP contribution in [0.2, 0.25) is 0 Å². The third kappa shape index (κ3) is 3.97. The van der Waals surface area contributed by atoms with Crippen molar-refractivity contribution in [2.45, 2.75) is 31.8 Å². The first-order chi connectivity index (χ1) is 18.5. The van der Waals surface area contributed by atoms with Crippen molar-refractivity contribution in [2.24, 2.45) is 11.8 Å². The molecule has 3 aliphatic heterocycles. The van der Waals surface area contributed by atoms with E-state index in [-0.39, 0.29) is 17.6 Å². The van der Waals surface area contributed by atoms with Crippen LogP contribution in [-0.2, 0) is 9.59 Å². The summed E-state index contributed by atoms with van der Waals surface area (Å²) in [6.45, 7) is 2.72. The van der Waals surface area contributed by atoms with Crippen LogP contribution in [-0.4, -0.2) is 36.3 Å². The van der Waals surface area contributed by atoms with Crippen molar-refractivity contribution in [1.29, 1.82) is 0 Å². The first-order valence-electron chi connectivity index (χ1n) is 13.0. The monoisotopic (exact) mass is 570 g/mol. The summed E-state index contributed by atoms with van der Waals surface area (Å²) in [4.78, 5) is 45.2. The van der Waals surface area contributed by atoms with E-state index in [1.54, 1.807) is 36.4 Å². The second kappa shape index (κ2) is 9.87. The molecule has 0 spiro atoms. The van der Waals surface area contributed by atoms with Gasteiger partial charge < -0.3 is 9.64 Å². The molecule has 6 rings (SSSR count). The summed E-state index contributed by atoms with van der Waals surface area (Å²) in [6, 6.07) is 20.8. The highest BCUT2D eigenvalue weighted by Crippen LogP contribution is 2.49. The second-order valence-corrected chi connectivity index (χ2v) is 10.8.